The Balaban J connectivity index is 2.27. The zero-order valence-corrected chi connectivity index (χ0v) is 13.2. The highest BCUT2D eigenvalue weighted by molar-refractivity contribution is 6.06. The normalized spacial score (nSPS) is 10.1. The molecule has 0 bridgehead atoms. The largest absolute Gasteiger partial charge is 0.490 e. The van der Waals surface area contributed by atoms with Gasteiger partial charge in [-0.3, -0.25) is 4.79 Å². The fourth-order valence-corrected chi connectivity index (χ4v) is 2.15. The molecule has 0 spiro atoms. The van der Waals surface area contributed by atoms with Gasteiger partial charge in [0.1, 0.15) is 0 Å². The van der Waals surface area contributed by atoms with Crippen LogP contribution in [0.2, 0.25) is 0 Å². The molecule has 2 rings (SSSR count). The molecule has 116 valence electrons. The lowest BCUT2D eigenvalue weighted by molar-refractivity contribution is 0.0992. The van der Waals surface area contributed by atoms with Gasteiger partial charge >= 0.3 is 0 Å². The first kappa shape index (κ1) is 15.9. The fourth-order valence-electron chi connectivity index (χ4n) is 2.15. The minimum Gasteiger partial charge on any atom is -0.490 e. The summed E-state index contributed by atoms with van der Waals surface area (Å²) in [4.78, 5) is 14.2. The average molecular weight is 299 g/mol. The van der Waals surface area contributed by atoms with Gasteiger partial charge in [0.2, 0.25) is 0 Å². The highest BCUT2D eigenvalue weighted by atomic mass is 16.5. The zero-order chi connectivity index (χ0) is 15.9. The van der Waals surface area contributed by atoms with Crippen LogP contribution in [0.5, 0.6) is 11.5 Å². The molecular weight excluding hydrogens is 278 g/mol. The molecule has 0 aromatic heterocycles. The summed E-state index contributed by atoms with van der Waals surface area (Å²) in [5, 5.41) is 0. The number of rotatable bonds is 6. The van der Waals surface area contributed by atoms with E-state index in [2.05, 4.69) is 0 Å². The molecule has 1 amide bonds. The fraction of sp³-hybridized carbons (Fsp3) is 0.278. The second kappa shape index (κ2) is 7.50. The molecule has 0 N–H and O–H groups in total. The van der Waals surface area contributed by atoms with Gasteiger partial charge in [0, 0.05) is 18.3 Å². The Morgan fingerprint density at radius 1 is 0.955 bits per heavy atom. The number of anilines is 1. The van der Waals surface area contributed by atoms with Crippen LogP contribution in [0, 0.1) is 0 Å². The highest BCUT2D eigenvalue weighted by Gasteiger charge is 2.16. The summed E-state index contributed by atoms with van der Waals surface area (Å²) in [7, 11) is 1.76. The number of hydrogen-bond acceptors (Lipinski definition) is 3. The van der Waals surface area contributed by atoms with Gasteiger partial charge in [-0.15, -0.1) is 0 Å². The summed E-state index contributed by atoms with van der Waals surface area (Å²) in [6, 6.07) is 14.8. The van der Waals surface area contributed by atoms with Crippen molar-refractivity contribution >= 4 is 11.6 Å². The number of benzene rings is 2. The minimum atomic E-state index is -0.0878. The van der Waals surface area contributed by atoms with Crippen LogP contribution in [0.1, 0.15) is 24.2 Å². The molecule has 0 unspecified atom stereocenters. The maximum atomic E-state index is 12.6. The topological polar surface area (TPSA) is 38.8 Å². The van der Waals surface area contributed by atoms with Gasteiger partial charge in [0.15, 0.2) is 11.5 Å². The van der Waals surface area contributed by atoms with E-state index in [1.54, 1.807) is 30.1 Å². The predicted molar refractivity (Wildman–Crippen MR) is 88.0 cm³/mol. The van der Waals surface area contributed by atoms with Crippen LogP contribution < -0.4 is 14.4 Å². The van der Waals surface area contributed by atoms with Crippen molar-refractivity contribution in [3.8, 4) is 11.5 Å². The first-order chi connectivity index (χ1) is 10.7. The number of carbonyl (C=O) groups excluding carboxylic acids is 1. The molecule has 0 aliphatic heterocycles. The Morgan fingerprint density at radius 2 is 1.59 bits per heavy atom. The van der Waals surface area contributed by atoms with Gasteiger partial charge < -0.3 is 14.4 Å². The lowest BCUT2D eigenvalue weighted by Gasteiger charge is -2.18. The lowest BCUT2D eigenvalue weighted by atomic mass is 10.1. The van der Waals surface area contributed by atoms with E-state index in [1.165, 1.54) is 0 Å². The molecule has 0 saturated carbocycles. The summed E-state index contributed by atoms with van der Waals surface area (Å²) in [5.41, 5.74) is 1.41. The minimum absolute atomic E-state index is 0.0878. The van der Waals surface area contributed by atoms with Gasteiger partial charge in [-0.2, -0.15) is 0 Å². The van der Waals surface area contributed by atoms with Crippen molar-refractivity contribution < 1.29 is 14.3 Å². The third-order valence-corrected chi connectivity index (χ3v) is 3.24. The monoisotopic (exact) mass is 299 g/mol. The molecule has 0 aliphatic carbocycles. The predicted octanol–water partition coefficient (Wildman–Crippen LogP) is 3.76. The Bertz CT molecular complexity index is 625. The lowest BCUT2D eigenvalue weighted by Crippen LogP contribution is -2.26. The van der Waals surface area contributed by atoms with Crippen LogP contribution in [0.15, 0.2) is 48.5 Å². The smallest absolute Gasteiger partial charge is 0.258 e. The molecule has 4 heteroatoms. The maximum absolute atomic E-state index is 12.6. The van der Waals surface area contributed by atoms with Gasteiger partial charge in [-0.1, -0.05) is 18.2 Å². The number of ether oxygens (including phenoxy) is 2. The van der Waals surface area contributed by atoms with Crippen molar-refractivity contribution in [1.29, 1.82) is 0 Å². The van der Waals surface area contributed by atoms with Crippen molar-refractivity contribution in [2.24, 2.45) is 0 Å². The van der Waals surface area contributed by atoms with Crippen LogP contribution in [0.3, 0.4) is 0 Å². The van der Waals surface area contributed by atoms with Gasteiger partial charge in [0.25, 0.3) is 5.91 Å². The molecule has 2 aromatic carbocycles. The second-order valence-electron chi connectivity index (χ2n) is 4.73. The van der Waals surface area contributed by atoms with E-state index in [0.29, 0.717) is 30.3 Å². The molecule has 0 radical (unpaired) electrons. The van der Waals surface area contributed by atoms with Crippen LogP contribution in [0.4, 0.5) is 5.69 Å². The maximum Gasteiger partial charge on any atom is 0.258 e. The second-order valence-corrected chi connectivity index (χ2v) is 4.73. The van der Waals surface area contributed by atoms with E-state index < -0.39 is 0 Å². The summed E-state index contributed by atoms with van der Waals surface area (Å²) in [6.07, 6.45) is 0. The van der Waals surface area contributed by atoms with Gasteiger partial charge in [0.05, 0.1) is 13.2 Å². The molecule has 0 fully saturated rings. The molecule has 0 aliphatic rings. The van der Waals surface area contributed by atoms with E-state index >= 15 is 0 Å². The average Bonchev–Trinajstić information content (AvgIpc) is 2.56. The van der Waals surface area contributed by atoms with Crippen LogP contribution in [0.25, 0.3) is 0 Å². The quantitative estimate of drug-likeness (QED) is 0.815. The molecule has 2 aromatic rings. The van der Waals surface area contributed by atoms with E-state index in [4.69, 9.17) is 9.47 Å². The summed E-state index contributed by atoms with van der Waals surface area (Å²) in [5.74, 6) is 1.16. The molecular formula is C18H21NO3. The molecule has 0 heterocycles. The highest BCUT2D eigenvalue weighted by Crippen LogP contribution is 2.29. The van der Waals surface area contributed by atoms with Crippen molar-refractivity contribution in [3.63, 3.8) is 0 Å². The zero-order valence-electron chi connectivity index (χ0n) is 13.2. The van der Waals surface area contributed by atoms with Crippen LogP contribution in [-0.2, 0) is 0 Å². The first-order valence-corrected chi connectivity index (χ1v) is 7.40. The van der Waals surface area contributed by atoms with Crippen molar-refractivity contribution in [3.05, 3.63) is 54.1 Å². The van der Waals surface area contributed by atoms with E-state index in [1.807, 2.05) is 44.2 Å². The third kappa shape index (κ3) is 3.58. The van der Waals surface area contributed by atoms with Crippen LogP contribution in [-0.4, -0.2) is 26.2 Å². The summed E-state index contributed by atoms with van der Waals surface area (Å²) < 4.78 is 11.1. The number of amides is 1. The van der Waals surface area contributed by atoms with E-state index in [0.717, 1.165) is 5.69 Å². The van der Waals surface area contributed by atoms with Gasteiger partial charge in [-0.25, -0.2) is 0 Å². The summed E-state index contributed by atoms with van der Waals surface area (Å²) in [6.45, 7) is 4.89. The Labute approximate surface area is 131 Å². The molecule has 22 heavy (non-hydrogen) atoms. The Hall–Kier alpha value is -2.49. The Morgan fingerprint density at radius 3 is 2.23 bits per heavy atom. The number of nitrogens with zero attached hydrogens (tertiary/aromatic N) is 1. The molecule has 0 atom stereocenters. The van der Waals surface area contributed by atoms with E-state index in [-0.39, 0.29) is 5.91 Å². The third-order valence-electron chi connectivity index (χ3n) is 3.24. The molecule has 4 nitrogen and oxygen atoms in total. The number of hydrogen-bond donors (Lipinski definition) is 0. The first-order valence-electron chi connectivity index (χ1n) is 7.40. The SMILES string of the molecule is CCOc1ccc(C(=O)N(C)c2ccccc2)cc1OCC. The number of para-hydroxylation sites is 1. The van der Waals surface area contributed by atoms with Crippen LogP contribution >= 0.6 is 0 Å². The van der Waals surface area contributed by atoms with Crippen molar-refractivity contribution in [1.82, 2.24) is 0 Å². The number of carbonyl (C=O) groups is 1. The van der Waals surface area contributed by atoms with Crippen molar-refractivity contribution in [2.45, 2.75) is 13.8 Å². The molecule has 0 saturated heterocycles. The van der Waals surface area contributed by atoms with Gasteiger partial charge in [-0.05, 0) is 44.2 Å². The Kier molecular flexibility index (Phi) is 5.42. The standard InChI is InChI=1S/C18H21NO3/c1-4-21-16-12-11-14(13-17(16)22-5-2)18(20)19(3)15-9-7-6-8-10-15/h6-13H,4-5H2,1-3H3. The van der Waals surface area contributed by atoms with E-state index in [9.17, 15) is 4.79 Å². The van der Waals surface area contributed by atoms with Crippen molar-refractivity contribution in [2.75, 3.05) is 25.2 Å². The summed E-state index contributed by atoms with van der Waals surface area (Å²) >= 11 is 0.